The number of rotatable bonds is 7. The number of carbonyl (C=O) groups excluding carboxylic acids is 1. The van der Waals surface area contributed by atoms with Gasteiger partial charge in [0, 0.05) is 24.3 Å². The Balaban J connectivity index is 1.51. The van der Waals surface area contributed by atoms with E-state index in [4.69, 9.17) is 11.6 Å². The minimum atomic E-state index is -3.89. The largest absolute Gasteiger partial charge is 0.322 e. The van der Waals surface area contributed by atoms with Gasteiger partial charge in [0.15, 0.2) is 0 Å². The Morgan fingerprint density at radius 1 is 0.838 bits per heavy atom. The summed E-state index contributed by atoms with van der Waals surface area (Å²) in [6, 6.07) is 16.7. The van der Waals surface area contributed by atoms with Crippen LogP contribution in [0.1, 0.15) is 41.6 Å². The summed E-state index contributed by atoms with van der Waals surface area (Å²) in [4.78, 5) is 13.1. The molecule has 2 N–H and O–H groups in total. The van der Waals surface area contributed by atoms with E-state index in [2.05, 4.69) is 10.0 Å². The quantitative estimate of drug-likeness (QED) is 0.408. The number of hydrogen-bond donors (Lipinski definition) is 2. The van der Waals surface area contributed by atoms with Gasteiger partial charge in [-0.05, 0) is 73.9 Å². The van der Waals surface area contributed by atoms with Gasteiger partial charge in [-0.2, -0.15) is 4.31 Å². The van der Waals surface area contributed by atoms with Crippen molar-refractivity contribution in [2.45, 2.75) is 42.4 Å². The molecule has 0 saturated carbocycles. The smallest absolute Gasteiger partial charge is 0.261 e. The van der Waals surface area contributed by atoms with Crippen LogP contribution in [0.25, 0.3) is 0 Å². The van der Waals surface area contributed by atoms with Crippen molar-refractivity contribution >= 4 is 48.9 Å². The lowest BCUT2D eigenvalue weighted by Crippen LogP contribution is -2.32. The van der Waals surface area contributed by atoms with E-state index in [1.54, 1.807) is 37.3 Å². The molecular weight excluding hydrogens is 534 g/mol. The van der Waals surface area contributed by atoms with E-state index in [-0.39, 0.29) is 26.1 Å². The SMILES string of the molecule is Cc1ccc(S(=O)(=O)N2CCCCCC2)cc1C(=O)Nc1ccc(S(=O)(=O)Nc2ccccc2Cl)cc1. The summed E-state index contributed by atoms with van der Waals surface area (Å²) in [6.45, 7) is 2.67. The van der Waals surface area contributed by atoms with Crippen molar-refractivity contribution in [3.8, 4) is 0 Å². The van der Waals surface area contributed by atoms with Crippen molar-refractivity contribution in [3.05, 3.63) is 82.9 Å². The lowest BCUT2D eigenvalue weighted by molar-refractivity contribution is 0.102. The molecule has 4 rings (SSSR count). The number of benzene rings is 3. The third-order valence-electron chi connectivity index (χ3n) is 6.20. The third kappa shape index (κ3) is 6.32. The van der Waals surface area contributed by atoms with Crippen LogP contribution in [0.3, 0.4) is 0 Å². The number of hydrogen-bond acceptors (Lipinski definition) is 5. The normalized spacial score (nSPS) is 15.1. The van der Waals surface area contributed by atoms with Crippen LogP contribution in [-0.2, 0) is 20.0 Å². The highest BCUT2D eigenvalue weighted by molar-refractivity contribution is 7.92. The van der Waals surface area contributed by atoms with Crippen LogP contribution in [0, 0.1) is 6.92 Å². The van der Waals surface area contributed by atoms with Gasteiger partial charge < -0.3 is 5.32 Å². The lowest BCUT2D eigenvalue weighted by atomic mass is 10.1. The Kier molecular flexibility index (Phi) is 8.23. The van der Waals surface area contributed by atoms with Crippen molar-refractivity contribution in [1.82, 2.24) is 4.31 Å². The Bertz CT molecular complexity index is 1500. The minimum Gasteiger partial charge on any atom is -0.322 e. The molecule has 1 aliphatic heterocycles. The fourth-order valence-corrected chi connectivity index (χ4v) is 6.96. The van der Waals surface area contributed by atoms with Gasteiger partial charge in [-0.25, -0.2) is 16.8 Å². The molecule has 1 aliphatic rings. The number of para-hydroxylation sites is 1. The molecule has 1 fully saturated rings. The zero-order chi connectivity index (χ0) is 26.6. The van der Waals surface area contributed by atoms with Gasteiger partial charge in [-0.1, -0.05) is 42.6 Å². The number of sulfonamides is 2. The third-order valence-corrected chi connectivity index (χ3v) is 9.80. The Morgan fingerprint density at radius 3 is 2.11 bits per heavy atom. The highest BCUT2D eigenvalue weighted by Crippen LogP contribution is 2.26. The highest BCUT2D eigenvalue weighted by atomic mass is 35.5. The zero-order valence-corrected chi connectivity index (χ0v) is 22.7. The second-order valence-electron chi connectivity index (χ2n) is 8.86. The predicted molar refractivity (Wildman–Crippen MR) is 145 cm³/mol. The summed E-state index contributed by atoms with van der Waals surface area (Å²) in [7, 11) is -7.61. The van der Waals surface area contributed by atoms with Gasteiger partial charge in [0.05, 0.1) is 20.5 Å². The summed E-state index contributed by atoms with van der Waals surface area (Å²) in [5.74, 6) is -0.491. The number of nitrogens with one attached hydrogen (secondary N) is 2. The van der Waals surface area contributed by atoms with Gasteiger partial charge in [-0.15, -0.1) is 0 Å². The highest BCUT2D eigenvalue weighted by Gasteiger charge is 2.26. The maximum Gasteiger partial charge on any atom is 0.261 e. The van der Waals surface area contributed by atoms with E-state index < -0.39 is 26.0 Å². The molecule has 11 heteroatoms. The molecule has 1 amide bonds. The van der Waals surface area contributed by atoms with E-state index in [1.165, 1.54) is 40.7 Å². The van der Waals surface area contributed by atoms with E-state index in [0.717, 1.165) is 25.7 Å². The summed E-state index contributed by atoms with van der Waals surface area (Å²) in [5.41, 5.74) is 1.47. The van der Waals surface area contributed by atoms with Crippen LogP contribution in [0.5, 0.6) is 0 Å². The molecule has 0 aromatic heterocycles. The van der Waals surface area contributed by atoms with Crippen molar-refractivity contribution in [2.75, 3.05) is 23.1 Å². The van der Waals surface area contributed by atoms with Crippen molar-refractivity contribution < 1.29 is 21.6 Å². The molecule has 196 valence electrons. The number of anilines is 2. The zero-order valence-electron chi connectivity index (χ0n) is 20.3. The molecule has 0 atom stereocenters. The first-order chi connectivity index (χ1) is 17.6. The summed E-state index contributed by atoms with van der Waals surface area (Å²) in [5, 5.41) is 2.99. The molecule has 8 nitrogen and oxygen atoms in total. The van der Waals surface area contributed by atoms with Crippen LogP contribution in [0.2, 0.25) is 5.02 Å². The lowest BCUT2D eigenvalue weighted by Gasteiger charge is -2.20. The molecule has 0 unspecified atom stereocenters. The van der Waals surface area contributed by atoms with Gasteiger partial charge in [0.25, 0.3) is 15.9 Å². The second-order valence-corrected chi connectivity index (χ2v) is 12.9. The average Bonchev–Trinajstić information content (AvgIpc) is 3.16. The molecule has 0 spiro atoms. The maximum atomic E-state index is 13.2. The second kappa shape index (κ2) is 11.2. The Morgan fingerprint density at radius 2 is 1.46 bits per heavy atom. The average molecular weight is 562 g/mol. The molecular formula is C26H28ClN3O5S2. The van der Waals surface area contributed by atoms with Crippen LogP contribution >= 0.6 is 11.6 Å². The standard InChI is InChI=1S/C26H28ClN3O5S2/c1-19-10-13-22(37(34,35)30-16-6-2-3-7-17-30)18-23(19)26(31)28-20-11-14-21(15-12-20)36(32,33)29-25-9-5-4-8-24(25)27/h4-5,8-15,18,29H,2-3,6-7,16-17H2,1H3,(H,28,31). The first-order valence-electron chi connectivity index (χ1n) is 11.9. The van der Waals surface area contributed by atoms with E-state index in [9.17, 15) is 21.6 Å². The topological polar surface area (TPSA) is 113 Å². The first kappa shape index (κ1) is 27.1. The first-order valence-corrected chi connectivity index (χ1v) is 15.2. The monoisotopic (exact) mass is 561 g/mol. The van der Waals surface area contributed by atoms with Crippen LogP contribution in [0.4, 0.5) is 11.4 Å². The van der Waals surface area contributed by atoms with Crippen LogP contribution < -0.4 is 10.0 Å². The molecule has 0 bridgehead atoms. The summed E-state index contributed by atoms with van der Waals surface area (Å²) in [6.07, 6.45) is 3.64. The van der Waals surface area contributed by atoms with E-state index in [1.807, 2.05) is 0 Å². The molecule has 3 aromatic rings. The Hall–Kier alpha value is -2.92. The van der Waals surface area contributed by atoms with Gasteiger partial charge in [0.2, 0.25) is 10.0 Å². The van der Waals surface area contributed by atoms with Crippen molar-refractivity contribution in [1.29, 1.82) is 0 Å². The van der Waals surface area contributed by atoms with Gasteiger partial charge in [0.1, 0.15) is 0 Å². The maximum absolute atomic E-state index is 13.2. The molecule has 37 heavy (non-hydrogen) atoms. The van der Waals surface area contributed by atoms with Crippen LogP contribution in [0.15, 0.2) is 76.5 Å². The number of amides is 1. The minimum absolute atomic E-state index is 0.00728. The predicted octanol–water partition coefficient (Wildman–Crippen LogP) is 5.27. The number of aryl methyl sites for hydroxylation is 1. The van der Waals surface area contributed by atoms with Gasteiger partial charge >= 0.3 is 0 Å². The fourth-order valence-electron chi connectivity index (χ4n) is 4.10. The van der Waals surface area contributed by atoms with Crippen molar-refractivity contribution in [3.63, 3.8) is 0 Å². The molecule has 0 aliphatic carbocycles. The summed E-state index contributed by atoms with van der Waals surface area (Å²) >= 11 is 6.05. The van der Waals surface area contributed by atoms with E-state index >= 15 is 0 Å². The number of carbonyl (C=O) groups is 1. The Labute approximate surface area is 222 Å². The van der Waals surface area contributed by atoms with Gasteiger partial charge in [-0.3, -0.25) is 9.52 Å². The number of nitrogens with zero attached hydrogens (tertiary/aromatic N) is 1. The molecule has 3 aromatic carbocycles. The van der Waals surface area contributed by atoms with Crippen molar-refractivity contribution in [2.24, 2.45) is 0 Å². The molecule has 1 heterocycles. The van der Waals surface area contributed by atoms with E-state index in [0.29, 0.717) is 24.3 Å². The number of halogens is 1. The fraction of sp³-hybridized carbons (Fsp3) is 0.269. The molecule has 1 saturated heterocycles. The molecule has 0 radical (unpaired) electrons. The van der Waals surface area contributed by atoms with Crippen LogP contribution in [-0.4, -0.2) is 40.1 Å². The summed E-state index contributed by atoms with van der Waals surface area (Å²) < 4.78 is 55.7.